The van der Waals surface area contributed by atoms with Crippen LogP contribution in [0.4, 0.5) is 0 Å². The second kappa shape index (κ2) is 5.29. The SMILES string of the molecule is CC(NCc1ccc2c(c1)CCO2)C1CCCO1. The Kier molecular flexibility index (Phi) is 3.52. The molecule has 0 saturated carbocycles. The Morgan fingerprint density at radius 1 is 1.39 bits per heavy atom. The highest BCUT2D eigenvalue weighted by molar-refractivity contribution is 5.39. The molecule has 1 N–H and O–H groups in total. The first-order valence-corrected chi connectivity index (χ1v) is 6.92. The molecule has 2 heterocycles. The van der Waals surface area contributed by atoms with Crippen molar-refractivity contribution in [3.05, 3.63) is 29.3 Å². The minimum absolute atomic E-state index is 0.391. The summed E-state index contributed by atoms with van der Waals surface area (Å²) >= 11 is 0. The van der Waals surface area contributed by atoms with E-state index >= 15 is 0 Å². The lowest BCUT2D eigenvalue weighted by atomic mass is 10.1. The van der Waals surface area contributed by atoms with E-state index in [1.54, 1.807) is 0 Å². The first-order chi connectivity index (χ1) is 8.83. The van der Waals surface area contributed by atoms with Crippen LogP contribution in [0.5, 0.6) is 5.75 Å². The summed E-state index contributed by atoms with van der Waals surface area (Å²) in [6.45, 7) is 4.88. The maximum absolute atomic E-state index is 5.69. The number of hydrogen-bond acceptors (Lipinski definition) is 3. The molecular formula is C15H21NO2. The third-order valence-electron chi connectivity index (χ3n) is 3.90. The molecule has 3 heteroatoms. The highest BCUT2D eigenvalue weighted by atomic mass is 16.5. The minimum Gasteiger partial charge on any atom is -0.493 e. The van der Waals surface area contributed by atoms with Gasteiger partial charge in [-0.1, -0.05) is 12.1 Å². The Labute approximate surface area is 108 Å². The van der Waals surface area contributed by atoms with Gasteiger partial charge in [0.15, 0.2) is 0 Å². The summed E-state index contributed by atoms with van der Waals surface area (Å²) in [5.74, 6) is 1.06. The van der Waals surface area contributed by atoms with E-state index in [0.29, 0.717) is 12.1 Å². The lowest BCUT2D eigenvalue weighted by Crippen LogP contribution is -2.36. The second-order valence-corrected chi connectivity index (χ2v) is 5.26. The van der Waals surface area contributed by atoms with E-state index in [0.717, 1.165) is 31.9 Å². The molecule has 0 bridgehead atoms. The third kappa shape index (κ3) is 2.52. The van der Waals surface area contributed by atoms with Gasteiger partial charge >= 0.3 is 0 Å². The molecule has 0 spiro atoms. The molecule has 98 valence electrons. The fourth-order valence-electron chi connectivity index (χ4n) is 2.76. The van der Waals surface area contributed by atoms with Gasteiger partial charge in [0.2, 0.25) is 0 Å². The molecule has 2 aliphatic rings. The third-order valence-corrected chi connectivity index (χ3v) is 3.90. The van der Waals surface area contributed by atoms with Gasteiger partial charge in [-0.15, -0.1) is 0 Å². The van der Waals surface area contributed by atoms with Crippen LogP contribution in [0, 0.1) is 0 Å². The maximum Gasteiger partial charge on any atom is 0.122 e. The van der Waals surface area contributed by atoms with Gasteiger partial charge in [0.25, 0.3) is 0 Å². The number of benzene rings is 1. The smallest absolute Gasteiger partial charge is 0.122 e. The lowest BCUT2D eigenvalue weighted by Gasteiger charge is -2.20. The summed E-state index contributed by atoms with van der Waals surface area (Å²) in [6, 6.07) is 6.93. The van der Waals surface area contributed by atoms with E-state index in [4.69, 9.17) is 9.47 Å². The molecule has 2 atom stereocenters. The normalized spacial score (nSPS) is 23.7. The van der Waals surface area contributed by atoms with E-state index in [9.17, 15) is 0 Å². The topological polar surface area (TPSA) is 30.5 Å². The predicted molar refractivity (Wildman–Crippen MR) is 70.9 cm³/mol. The van der Waals surface area contributed by atoms with Gasteiger partial charge < -0.3 is 14.8 Å². The van der Waals surface area contributed by atoms with Crippen molar-refractivity contribution in [2.45, 2.75) is 44.9 Å². The molecule has 0 aliphatic carbocycles. The zero-order valence-electron chi connectivity index (χ0n) is 10.9. The van der Waals surface area contributed by atoms with Gasteiger partial charge in [-0.3, -0.25) is 0 Å². The molecule has 0 radical (unpaired) electrons. The summed E-state index contributed by atoms with van der Waals surface area (Å²) in [7, 11) is 0. The Morgan fingerprint density at radius 2 is 2.33 bits per heavy atom. The van der Waals surface area contributed by atoms with Crippen molar-refractivity contribution in [2.24, 2.45) is 0 Å². The molecule has 0 amide bonds. The van der Waals surface area contributed by atoms with Crippen LogP contribution >= 0.6 is 0 Å². The Morgan fingerprint density at radius 3 is 3.17 bits per heavy atom. The summed E-state index contributed by atoms with van der Waals surface area (Å²) < 4.78 is 11.2. The molecular weight excluding hydrogens is 226 g/mol. The van der Waals surface area contributed by atoms with Crippen LogP contribution in [0.2, 0.25) is 0 Å². The average molecular weight is 247 g/mol. The van der Waals surface area contributed by atoms with E-state index in [1.165, 1.54) is 24.0 Å². The van der Waals surface area contributed by atoms with Gasteiger partial charge in [-0.25, -0.2) is 0 Å². The molecule has 1 saturated heterocycles. The zero-order valence-corrected chi connectivity index (χ0v) is 10.9. The van der Waals surface area contributed by atoms with Gasteiger partial charge in [-0.05, 0) is 37.0 Å². The Balaban J connectivity index is 1.56. The molecule has 1 aromatic rings. The molecule has 3 rings (SSSR count). The largest absolute Gasteiger partial charge is 0.493 e. The van der Waals surface area contributed by atoms with Crippen LogP contribution in [-0.4, -0.2) is 25.4 Å². The van der Waals surface area contributed by atoms with Gasteiger partial charge in [-0.2, -0.15) is 0 Å². The van der Waals surface area contributed by atoms with E-state index < -0.39 is 0 Å². The molecule has 2 aliphatic heterocycles. The van der Waals surface area contributed by atoms with Crippen molar-refractivity contribution in [3.63, 3.8) is 0 Å². The van der Waals surface area contributed by atoms with Crippen LogP contribution in [0.15, 0.2) is 18.2 Å². The van der Waals surface area contributed by atoms with Crippen molar-refractivity contribution >= 4 is 0 Å². The standard InChI is InChI=1S/C15H21NO2/c1-11(14-3-2-7-17-14)16-10-12-4-5-15-13(9-12)6-8-18-15/h4-5,9,11,14,16H,2-3,6-8,10H2,1H3. The van der Waals surface area contributed by atoms with Gasteiger partial charge in [0.05, 0.1) is 12.7 Å². The van der Waals surface area contributed by atoms with Crippen LogP contribution in [0.3, 0.4) is 0 Å². The van der Waals surface area contributed by atoms with Crippen molar-refractivity contribution in [1.82, 2.24) is 5.32 Å². The van der Waals surface area contributed by atoms with Gasteiger partial charge in [0.1, 0.15) is 5.75 Å². The van der Waals surface area contributed by atoms with Crippen LogP contribution in [0.1, 0.15) is 30.9 Å². The molecule has 3 nitrogen and oxygen atoms in total. The number of rotatable bonds is 4. The first-order valence-electron chi connectivity index (χ1n) is 6.92. The predicted octanol–water partition coefficient (Wildman–Crippen LogP) is 2.28. The second-order valence-electron chi connectivity index (χ2n) is 5.26. The minimum atomic E-state index is 0.391. The van der Waals surface area contributed by atoms with E-state index in [1.807, 2.05) is 0 Å². The number of ether oxygens (including phenoxy) is 2. The Hall–Kier alpha value is -1.06. The van der Waals surface area contributed by atoms with Gasteiger partial charge in [0, 0.05) is 25.6 Å². The summed E-state index contributed by atoms with van der Waals surface area (Å²) in [4.78, 5) is 0. The number of hydrogen-bond donors (Lipinski definition) is 1. The average Bonchev–Trinajstić information content (AvgIpc) is 3.05. The molecule has 1 aromatic carbocycles. The number of nitrogens with one attached hydrogen (secondary N) is 1. The molecule has 0 aromatic heterocycles. The van der Waals surface area contributed by atoms with Crippen molar-refractivity contribution in [3.8, 4) is 5.75 Å². The van der Waals surface area contributed by atoms with Crippen LogP contribution in [-0.2, 0) is 17.7 Å². The van der Waals surface area contributed by atoms with E-state index in [2.05, 4.69) is 30.4 Å². The summed E-state index contributed by atoms with van der Waals surface area (Å²) in [6.07, 6.45) is 3.83. The highest BCUT2D eigenvalue weighted by Gasteiger charge is 2.21. The molecule has 2 unspecified atom stereocenters. The summed E-state index contributed by atoms with van der Waals surface area (Å²) in [5, 5.41) is 3.57. The highest BCUT2D eigenvalue weighted by Crippen LogP contribution is 2.26. The fraction of sp³-hybridized carbons (Fsp3) is 0.600. The van der Waals surface area contributed by atoms with Crippen LogP contribution in [0.25, 0.3) is 0 Å². The summed E-state index contributed by atoms with van der Waals surface area (Å²) in [5.41, 5.74) is 2.68. The van der Waals surface area contributed by atoms with Crippen LogP contribution < -0.4 is 10.1 Å². The fourth-order valence-corrected chi connectivity index (χ4v) is 2.76. The molecule has 1 fully saturated rings. The lowest BCUT2D eigenvalue weighted by molar-refractivity contribution is 0.0832. The zero-order chi connectivity index (χ0) is 12.4. The number of fused-ring (bicyclic) bond motifs is 1. The first kappa shape index (κ1) is 12.0. The van der Waals surface area contributed by atoms with Crippen molar-refractivity contribution in [2.75, 3.05) is 13.2 Å². The van der Waals surface area contributed by atoms with Crippen molar-refractivity contribution in [1.29, 1.82) is 0 Å². The van der Waals surface area contributed by atoms with E-state index in [-0.39, 0.29) is 0 Å². The monoisotopic (exact) mass is 247 g/mol. The molecule has 18 heavy (non-hydrogen) atoms. The quantitative estimate of drug-likeness (QED) is 0.885. The van der Waals surface area contributed by atoms with Crippen molar-refractivity contribution < 1.29 is 9.47 Å². The maximum atomic E-state index is 5.69. The Bertz CT molecular complexity index is 413.